The summed E-state index contributed by atoms with van der Waals surface area (Å²) in [6, 6.07) is 0. The summed E-state index contributed by atoms with van der Waals surface area (Å²) in [4.78, 5) is 2.43. The Morgan fingerprint density at radius 3 is 2.22 bits per heavy atom. The number of methoxy groups -OCH3 is 1. The lowest BCUT2D eigenvalue weighted by atomic mass is 9.67. The lowest BCUT2D eigenvalue weighted by Gasteiger charge is -2.48. The van der Waals surface area contributed by atoms with E-state index < -0.39 is 0 Å². The molecule has 0 aromatic heterocycles. The fourth-order valence-electron chi connectivity index (χ4n) is 3.23. The second-order valence-electron chi connectivity index (χ2n) is 6.98. The molecule has 2 N–H and O–H groups in total. The molecule has 0 aromatic rings. The number of nitrogens with zero attached hydrogens (tertiary/aromatic N) is 1. The van der Waals surface area contributed by atoms with Crippen molar-refractivity contribution in [3.63, 3.8) is 0 Å². The summed E-state index contributed by atoms with van der Waals surface area (Å²) < 4.78 is 5.19. The molecule has 1 aliphatic carbocycles. The van der Waals surface area contributed by atoms with Gasteiger partial charge in [-0.25, -0.2) is 0 Å². The molecule has 0 heterocycles. The molecular formula is C15H32N2O. The molecule has 1 saturated carbocycles. The lowest BCUT2D eigenvalue weighted by Crippen LogP contribution is -2.55. The molecular weight excluding hydrogens is 224 g/mol. The molecule has 0 aliphatic heterocycles. The molecule has 0 amide bonds. The van der Waals surface area contributed by atoms with Crippen LogP contribution in [0.15, 0.2) is 0 Å². The third kappa shape index (κ3) is 3.69. The molecule has 18 heavy (non-hydrogen) atoms. The van der Waals surface area contributed by atoms with Gasteiger partial charge in [-0.2, -0.15) is 0 Å². The predicted octanol–water partition coefficient (Wildman–Crippen LogP) is 2.50. The molecule has 0 aromatic carbocycles. The van der Waals surface area contributed by atoms with Gasteiger partial charge in [0.2, 0.25) is 0 Å². The molecule has 0 unspecified atom stereocenters. The maximum absolute atomic E-state index is 6.08. The zero-order valence-corrected chi connectivity index (χ0v) is 13.0. The normalized spacial score (nSPS) is 29.8. The van der Waals surface area contributed by atoms with Crippen LogP contribution in [0.1, 0.15) is 46.5 Å². The largest absolute Gasteiger partial charge is 0.383 e. The van der Waals surface area contributed by atoms with Crippen molar-refractivity contribution < 1.29 is 4.74 Å². The van der Waals surface area contributed by atoms with Gasteiger partial charge < -0.3 is 10.5 Å². The standard InChI is InChI=1S/C15H32N2O/c1-14(2,3)13-6-8-15(12-16,9-7-13)17(4)10-11-18-5/h13H,6-12,16H2,1-5H3. The van der Waals surface area contributed by atoms with Crippen molar-refractivity contribution >= 4 is 0 Å². The van der Waals surface area contributed by atoms with E-state index in [4.69, 9.17) is 10.5 Å². The second-order valence-corrected chi connectivity index (χ2v) is 6.98. The number of hydrogen-bond donors (Lipinski definition) is 1. The van der Waals surface area contributed by atoms with E-state index in [0.29, 0.717) is 5.41 Å². The maximum Gasteiger partial charge on any atom is 0.0589 e. The highest BCUT2D eigenvalue weighted by atomic mass is 16.5. The Labute approximate surface area is 113 Å². The predicted molar refractivity (Wildman–Crippen MR) is 77.7 cm³/mol. The van der Waals surface area contributed by atoms with Gasteiger partial charge in [0.25, 0.3) is 0 Å². The molecule has 3 heteroatoms. The van der Waals surface area contributed by atoms with Crippen molar-refractivity contribution in [2.24, 2.45) is 17.1 Å². The van der Waals surface area contributed by atoms with E-state index in [1.807, 2.05) is 0 Å². The van der Waals surface area contributed by atoms with Crippen molar-refractivity contribution in [3.8, 4) is 0 Å². The fraction of sp³-hybridized carbons (Fsp3) is 1.00. The van der Waals surface area contributed by atoms with Crippen LogP contribution < -0.4 is 5.73 Å². The molecule has 0 atom stereocenters. The highest BCUT2D eigenvalue weighted by Crippen LogP contribution is 2.42. The summed E-state index contributed by atoms with van der Waals surface area (Å²) in [6.07, 6.45) is 5.06. The van der Waals surface area contributed by atoms with E-state index in [1.54, 1.807) is 7.11 Å². The SMILES string of the molecule is COCCN(C)C1(CN)CCC(C(C)(C)C)CC1. The monoisotopic (exact) mass is 256 g/mol. The van der Waals surface area contributed by atoms with E-state index >= 15 is 0 Å². The summed E-state index contributed by atoms with van der Waals surface area (Å²) in [7, 11) is 3.96. The maximum atomic E-state index is 6.08. The summed E-state index contributed by atoms with van der Waals surface area (Å²) in [5, 5.41) is 0. The minimum atomic E-state index is 0.209. The van der Waals surface area contributed by atoms with Gasteiger partial charge in [0.05, 0.1) is 6.61 Å². The van der Waals surface area contributed by atoms with Crippen LogP contribution in [0.2, 0.25) is 0 Å². The van der Waals surface area contributed by atoms with Crippen LogP contribution in [-0.2, 0) is 4.74 Å². The Morgan fingerprint density at radius 2 is 1.83 bits per heavy atom. The molecule has 0 saturated heterocycles. The average Bonchev–Trinajstić information content (AvgIpc) is 2.34. The van der Waals surface area contributed by atoms with Crippen LogP contribution in [0.4, 0.5) is 0 Å². The Hall–Kier alpha value is -0.120. The van der Waals surface area contributed by atoms with Crippen molar-refractivity contribution in [1.82, 2.24) is 4.90 Å². The third-order valence-corrected chi connectivity index (χ3v) is 4.96. The Balaban J connectivity index is 2.59. The number of likely N-dealkylation sites (N-methyl/N-ethyl adjacent to an activating group) is 1. The number of hydrogen-bond acceptors (Lipinski definition) is 3. The summed E-state index contributed by atoms with van der Waals surface area (Å²) in [5.41, 5.74) is 6.73. The highest BCUT2D eigenvalue weighted by Gasteiger charge is 2.40. The topological polar surface area (TPSA) is 38.5 Å². The van der Waals surface area contributed by atoms with Gasteiger partial charge in [-0.1, -0.05) is 20.8 Å². The minimum absolute atomic E-state index is 0.209. The molecule has 3 nitrogen and oxygen atoms in total. The lowest BCUT2D eigenvalue weighted by molar-refractivity contribution is 0.0236. The molecule has 108 valence electrons. The van der Waals surface area contributed by atoms with Gasteiger partial charge in [-0.15, -0.1) is 0 Å². The van der Waals surface area contributed by atoms with Gasteiger partial charge in [-0.3, -0.25) is 4.90 Å². The van der Waals surface area contributed by atoms with Gasteiger partial charge in [0.15, 0.2) is 0 Å². The van der Waals surface area contributed by atoms with Crippen molar-refractivity contribution in [2.45, 2.75) is 52.0 Å². The first-order valence-corrected chi connectivity index (χ1v) is 7.26. The molecule has 1 rings (SSSR count). The van der Waals surface area contributed by atoms with E-state index in [2.05, 4.69) is 32.7 Å². The quantitative estimate of drug-likeness (QED) is 0.821. The Morgan fingerprint density at radius 1 is 1.28 bits per heavy atom. The summed E-state index contributed by atoms with van der Waals surface area (Å²) >= 11 is 0. The zero-order valence-electron chi connectivity index (χ0n) is 13.0. The molecule has 0 bridgehead atoms. The van der Waals surface area contributed by atoms with Crippen LogP contribution in [0.25, 0.3) is 0 Å². The molecule has 1 aliphatic rings. The third-order valence-electron chi connectivity index (χ3n) is 4.96. The molecule has 0 spiro atoms. The summed E-state index contributed by atoms with van der Waals surface area (Å²) in [5.74, 6) is 0.841. The van der Waals surface area contributed by atoms with Gasteiger partial charge in [0, 0.05) is 25.7 Å². The first kappa shape index (κ1) is 15.9. The minimum Gasteiger partial charge on any atom is -0.383 e. The molecule has 0 radical (unpaired) electrons. The van der Waals surface area contributed by atoms with Crippen LogP contribution >= 0.6 is 0 Å². The number of rotatable bonds is 5. The van der Waals surface area contributed by atoms with Crippen LogP contribution in [0.5, 0.6) is 0 Å². The van der Waals surface area contributed by atoms with Crippen molar-refractivity contribution in [3.05, 3.63) is 0 Å². The van der Waals surface area contributed by atoms with E-state index in [1.165, 1.54) is 25.7 Å². The summed E-state index contributed by atoms with van der Waals surface area (Å²) in [6.45, 7) is 9.63. The van der Waals surface area contributed by atoms with Crippen molar-refractivity contribution in [1.29, 1.82) is 0 Å². The van der Waals surface area contributed by atoms with E-state index in [9.17, 15) is 0 Å². The highest BCUT2D eigenvalue weighted by molar-refractivity contribution is 4.96. The smallest absolute Gasteiger partial charge is 0.0589 e. The van der Waals surface area contributed by atoms with Crippen molar-refractivity contribution in [2.75, 3.05) is 33.9 Å². The Kier molecular flexibility index (Phi) is 5.63. The first-order chi connectivity index (χ1) is 8.35. The zero-order chi connectivity index (χ0) is 13.8. The van der Waals surface area contributed by atoms with Crippen LogP contribution in [0, 0.1) is 11.3 Å². The molecule has 1 fully saturated rings. The van der Waals surface area contributed by atoms with Crippen LogP contribution in [-0.4, -0.2) is 44.3 Å². The fourth-order valence-corrected chi connectivity index (χ4v) is 3.23. The van der Waals surface area contributed by atoms with Gasteiger partial charge >= 0.3 is 0 Å². The first-order valence-electron chi connectivity index (χ1n) is 7.26. The van der Waals surface area contributed by atoms with Gasteiger partial charge in [0.1, 0.15) is 0 Å². The van der Waals surface area contributed by atoms with E-state index in [0.717, 1.165) is 25.6 Å². The Bertz CT molecular complexity index is 239. The van der Waals surface area contributed by atoms with Gasteiger partial charge in [-0.05, 0) is 44.1 Å². The second kappa shape index (κ2) is 6.36. The number of ether oxygens (including phenoxy) is 1. The average molecular weight is 256 g/mol. The van der Waals surface area contributed by atoms with Crippen LogP contribution in [0.3, 0.4) is 0 Å². The van der Waals surface area contributed by atoms with E-state index in [-0.39, 0.29) is 5.54 Å². The number of nitrogens with two attached hydrogens (primary N) is 1.